The summed E-state index contributed by atoms with van der Waals surface area (Å²) >= 11 is 0. The zero-order valence-corrected chi connectivity index (χ0v) is 11.0. The minimum absolute atomic E-state index is 0.00360. The fourth-order valence-corrected chi connectivity index (χ4v) is 1.90. The van der Waals surface area contributed by atoms with Crippen LogP contribution in [0.2, 0.25) is 0 Å². The van der Waals surface area contributed by atoms with Gasteiger partial charge in [0.15, 0.2) is 5.65 Å². The highest BCUT2D eigenvalue weighted by Crippen LogP contribution is 1.96. The number of hydrogen-bond acceptors (Lipinski definition) is 5. The van der Waals surface area contributed by atoms with Crippen molar-refractivity contribution < 1.29 is 9.90 Å². The first-order chi connectivity index (χ1) is 9.67. The van der Waals surface area contributed by atoms with Gasteiger partial charge < -0.3 is 5.11 Å². The number of fused-ring (bicyclic) bond motifs is 1. The monoisotopic (exact) mass is 276 g/mol. The fraction of sp³-hybridized carbons (Fsp3) is 0.308. The average molecular weight is 276 g/mol. The van der Waals surface area contributed by atoms with Gasteiger partial charge >= 0.3 is 5.69 Å². The summed E-state index contributed by atoms with van der Waals surface area (Å²) in [7, 11) is 0. The number of carbonyl (C=O) groups excluding carboxylic acids is 1. The molecule has 0 aliphatic carbocycles. The summed E-state index contributed by atoms with van der Waals surface area (Å²) in [6.45, 7) is 4.31. The topological polar surface area (TPSA) is 79.8 Å². The van der Waals surface area contributed by atoms with Crippen LogP contribution in [0.25, 0.3) is 5.65 Å². The van der Waals surface area contributed by atoms with Crippen LogP contribution in [0.5, 0.6) is 0 Å². The van der Waals surface area contributed by atoms with E-state index in [1.807, 2.05) is 0 Å². The lowest BCUT2D eigenvalue weighted by Gasteiger charge is -2.17. The molecule has 2 heterocycles. The van der Waals surface area contributed by atoms with Crippen molar-refractivity contribution >= 4 is 11.6 Å². The Hall–Kier alpha value is -2.25. The highest BCUT2D eigenvalue weighted by Gasteiger charge is 2.16. The zero-order valence-electron chi connectivity index (χ0n) is 11.0. The van der Waals surface area contributed by atoms with Gasteiger partial charge in [0.1, 0.15) is 0 Å². The van der Waals surface area contributed by atoms with Crippen molar-refractivity contribution in [2.45, 2.75) is 0 Å². The molecule has 0 aliphatic heterocycles. The lowest BCUT2D eigenvalue weighted by molar-refractivity contribution is 0.0822. The number of hydrogen-bond donors (Lipinski definition) is 1. The molecule has 0 saturated carbocycles. The van der Waals surface area contributed by atoms with Gasteiger partial charge in [-0.1, -0.05) is 12.1 Å². The lowest BCUT2D eigenvalue weighted by Crippen LogP contribution is -2.38. The molecule has 0 aliphatic rings. The van der Waals surface area contributed by atoms with Gasteiger partial charge in [-0.25, -0.2) is 9.20 Å². The molecule has 106 valence electrons. The van der Waals surface area contributed by atoms with Crippen LogP contribution in [0, 0.1) is 0 Å². The second-order valence-corrected chi connectivity index (χ2v) is 4.26. The SMILES string of the molecule is C=CCN(CCO)CC(=O)n1nc2ccccn2c1=O. The van der Waals surface area contributed by atoms with E-state index in [2.05, 4.69) is 11.7 Å². The Morgan fingerprint density at radius 3 is 2.95 bits per heavy atom. The summed E-state index contributed by atoms with van der Waals surface area (Å²) < 4.78 is 2.16. The molecule has 0 bridgehead atoms. The molecular formula is C13H16N4O3. The molecule has 2 aromatic heterocycles. The smallest absolute Gasteiger partial charge is 0.357 e. The predicted octanol–water partition coefficient (Wildman–Crippen LogP) is -0.384. The Balaban J connectivity index is 2.24. The van der Waals surface area contributed by atoms with Crippen molar-refractivity contribution in [3.8, 4) is 0 Å². The Kier molecular flexibility index (Phi) is 4.44. The third-order valence-electron chi connectivity index (χ3n) is 2.83. The summed E-state index contributed by atoms with van der Waals surface area (Å²) in [5.41, 5.74) is -0.0727. The van der Waals surface area contributed by atoms with Gasteiger partial charge in [-0.3, -0.25) is 9.69 Å². The van der Waals surface area contributed by atoms with Gasteiger partial charge in [-0.15, -0.1) is 16.4 Å². The van der Waals surface area contributed by atoms with Crippen LogP contribution < -0.4 is 5.69 Å². The van der Waals surface area contributed by atoms with Gasteiger partial charge in [0, 0.05) is 19.3 Å². The van der Waals surface area contributed by atoms with E-state index < -0.39 is 11.6 Å². The number of aromatic nitrogens is 3. The van der Waals surface area contributed by atoms with E-state index in [1.54, 1.807) is 35.4 Å². The van der Waals surface area contributed by atoms with Crippen LogP contribution in [-0.4, -0.2) is 56.3 Å². The summed E-state index contributed by atoms with van der Waals surface area (Å²) in [4.78, 5) is 25.8. The van der Waals surface area contributed by atoms with Crippen LogP contribution in [0.3, 0.4) is 0 Å². The molecule has 0 fully saturated rings. The first-order valence-corrected chi connectivity index (χ1v) is 6.21. The Bertz CT molecular complexity index is 674. The van der Waals surface area contributed by atoms with Gasteiger partial charge in [-0.05, 0) is 12.1 Å². The van der Waals surface area contributed by atoms with Crippen molar-refractivity contribution in [1.29, 1.82) is 0 Å². The summed E-state index contributed by atoms with van der Waals surface area (Å²) in [6.07, 6.45) is 3.19. The van der Waals surface area contributed by atoms with Crippen molar-refractivity contribution in [2.75, 3.05) is 26.2 Å². The molecule has 7 nitrogen and oxygen atoms in total. The van der Waals surface area contributed by atoms with E-state index >= 15 is 0 Å². The maximum Gasteiger partial charge on any atom is 0.357 e. The van der Waals surface area contributed by atoms with Crippen LogP contribution in [0.1, 0.15) is 4.79 Å². The molecule has 1 N–H and O–H groups in total. The number of carbonyl (C=O) groups is 1. The Morgan fingerprint density at radius 1 is 1.50 bits per heavy atom. The molecule has 20 heavy (non-hydrogen) atoms. The predicted molar refractivity (Wildman–Crippen MR) is 73.8 cm³/mol. The molecule has 7 heteroatoms. The first-order valence-electron chi connectivity index (χ1n) is 6.21. The largest absolute Gasteiger partial charge is 0.395 e. The van der Waals surface area contributed by atoms with Crippen molar-refractivity contribution in [3.63, 3.8) is 0 Å². The number of nitrogens with zero attached hydrogens (tertiary/aromatic N) is 4. The van der Waals surface area contributed by atoms with Crippen LogP contribution in [0.15, 0.2) is 41.8 Å². The van der Waals surface area contributed by atoms with Crippen molar-refractivity contribution in [1.82, 2.24) is 19.1 Å². The molecule has 0 atom stereocenters. The van der Waals surface area contributed by atoms with Crippen LogP contribution in [-0.2, 0) is 0 Å². The van der Waals surface area contributed by atoms with Crippen LogP contribution >= 0.6 is 0 Å². The second-order valence-electron chi connectivity index (χ2n) is 4.26. The fourth-order valence-electron chi connectivity index (χ4n) is 1.90. The number of rotatable bonds is 6. The third kappa shape index (κ3) is 2.84. The second kappa shape index (κ2) is 6.27. The van der Waals surface area contributed by atoms with Crippen molar-refractivity contribution in [3.05, 3.63) is 47.5 Å². The molecular weight excluding hydrogens is 260 g/mol. The minimum Gasteiger partial charge on any atom is -0.395 e. The van der Waals surface area contributed by atoms with E-state index in [0.29, 0.717) is 18.7 Å². The normalized spacial score (nSPS) is 11.1. The van der Waals surface area contributed by atoms with E-state index in [0.717, 1.165) is 4.68 Å². The van der Waals surface area contributed by atoms with Gasteiger partial charge in [-0.2, -0.15) is 0 Å². The van der Waals surface area contributed by atoms with Crippen molar-refractivity contribution in [2.24, 2.45) is 0 Å². The first kappa shape index (κ1) is 14.2. The molecule has 2 aromatic rings. The quantitative estimate of drug-likeness (QED) is 0.727. The third-order valence-corrected chi connectivity index (χ3v) is 2.83. The molecule has 0 unspecified atom stereocenters. The van der Waals surface area contributed by atoms with E-state index in [-0.39, 0.29) is 13.2 Å². The van der Waals surface area contributed by atoms with Gasteiger partial charge in [0.2, 0.25) is 0 Å². The molecule has 0 spiro atoms. The molecule has 0 radical (unpaired) electrons. The van der Waals surface area contributed by atoms with Gasteiger partial charge in [0.25, 0.3) is 5.91 Å². The number of aliphatic hydroxyl groups excluding tert-OH is 1. The van der Waals surface area contributed by atoms with E-state index in [9.17, 15) is 9.59 Å². The summed E-state index contributed by atoms with van der Waals surface area (Å²) in [5, 5.41) is 12.9. The number of aliphatic hydroxyl groups is 1. The molecule has 0 amide bonds. The van der Waals surface area contributed by atoms with Gasteiger partial charge in [0.05, 0.1) is 13.2 Å². The summed E-state index contributed by atoms with van der Waals surface area (Å²) in [6, 6.07) is 5.09. The number of pyridine rings is 1. The molecule has 2 rings (SSSR count). The molecule has 0 aromatic carbocycles. The Morgan fingerprint density at radius 2 is 2.30 bits per heavy atom. The highest BCUT2D eigenvalue weighted by atomic mass is 16.3. The van der Waals surface area contributed by atoms with Crippen LogP contribution in [0.4, 0.5) is 0 Å². The highest BCUT2D eigenvalue weighted by molar-refractivity contribution is 5.80. The maximum atomic E-state index is 12.1. The van der Waals surface area contributed by atoms with E-state index in [4.69, 9.17) is 5.11 Å². The maximum absolute atomic E-state index is 12.1. The van der Waals surface area contributed by atoms with E-state index in [1.165, 1.54) is 4.40 Å². The lowest BCUT2D eigenvalue weighted by atomic mass is 10.4. The Labute approximate surface area is 115 Å². The standard InChI is InChI=1S/C13H16N4O3/c1-2-6-15(8-9-18)10-12(19)17-13(20)16-7-4-3-5-11(16)14-17/h2-5,7,18H,1,6,8-10H2. The summed E-state index contributed by atoms with van der Waals surface area (Å²) in [5.74, 6) is -0.436. The minimum atomic E-state index is -0.492. The molecule has 0 saturated heterocycles. The zero-order chi connectivity index (χ0) is 14.5. The average Bonchev–Trinajstić information content (AvgIpc) is 2.77.